The van der Waals surface area contributed by atoms with E-state index in [9.17, 15) is 14.4 Å². The van der Waals surface area contributed by atoms with Crippen molar-refractivity contribution in [1.82, 2.24) is 4.90 Å². The minimum absolute atomic E-state index is 0.0532. The van der Waals surface area contributed by atoms with Gasteiger partial charge in [-0.2, -0.15) is 0 Å². The highest BCUT2D eigenvalue weighted by molar-refractivity contribution is 8.23. The Kier molecular flexibility index (Phi) is 5.83. The molecule has 3 atom stereocenters. The Labute approximate surface area is 166 Å². The number of amides is 2. The number of thiocarbonyl (C=S) groups is 1. The number of rotatable bonds is 3. The number of carbonyl (C=O) groups is 3. The number of aromatic carboxylic acids is 1. The lowest BCUT2D eigenvalue weighted by Crippen LogP contribution is -2.47. The lowest BCUT2D eigenvalue weighted by Gasteiger charge is -2.36. The Morgan fingerprint density at radius 2 is 1.78 bits per heavy atom. The molecular formula is C18H20N2O5S2. The summed E-state index contributed by atoms with van der Waals surface area (Å²) in [6.45, 7) is 5.27. The van der Waals surface area contributed by atoms with Gasteiger partial charge in [-0.05, 0) is 38.1 Å². The highest BCUT2D eigenvalue weighted by atomic mass is 32.2. The molecule has 2 saturated heterocycles. The van der Waals surface area contributed by atoms with Crippen molar-refractivity contribution in [2.45, 2.75) is 37.7 Å². The SMILES string of the molecule is C[C@@H]1CN(C(=S)S[C@H]2CC(=O)N(c3ccc(C(=O)O)cc3)C2=O)C[C@H](C)O1. The Bertz CT molecular complexity index is 772. The highest BCUT2D eigenvalue weighted by Gasteiger charge is 2.41. The van der Waals surface area contributed by atoms with E-state index in [-0.39, 0.29) is 36.0 Å². The summed E-state index contributed by atoms with van der Waals surface area (Å²) in [7, 11) is 0. The number of hydrogen-bond acceptors (Lipinski definition) is 6. The van der Waals surface area contributed by atoms with Crippen LogP contribution in [-0.4, -0.2) is 62.7 Å². The summed E-state index contributed by atoms with van der Waals surface area (Å²) in [6.07, 6.45) is 0.176. The Morgan fingerprint density at radius 1 is 1.19 bits per heavy atom. The number of nitrogens with zero attached hydrogens (tertiary/aromatic N) is 2. The molecule has 2 aliphatic rings. The minimum atomic E-state index is -1.06. The van der Waals surface area contributed by atoms with Crippen LogP contribution in [-0.2, 0) is 14.3 Å². The molecule has 2 heterocycles. The van der Waals surface area contributed by atoms with Crippen LogP contribution in [0.4, 0.5) is 5.69 Å². The molecule has 2 aliphatic heterocycles. The quantitative estimate of drug-likeness (QED) is 0.601. The second-order valence-electron chi connectivity index (χ2n) is 6.66. The van der Waals surface area contributed by atoms with Crippen LogP contribution in [0.15, 0.2) is 24.3 Å². The van der Waals surface area contributed by atoms with Gasteiger partial charge in [0, 0.05) is 19.5 Å². The van der Waals surface area contributed by atoms with E-state index in [0.29, 0.717) is 23.1 Å². The maximum atomic E-state index is 12.7. The van der Waals surface area contributed by atoms with Gasteiger partial charge in [-0.3, -0.25) is 9.59 Å². The van der Waals surface area contributed by atoms with E-state index in [2.05, 4.69) is 0 Å². The summed E-state index contributed by atoms with van der Waals surface area (Å²) in [5, 5.41) is 8.40. The van der Waals surface area contributed by atoms with E-state index in [1.165, 1.54) is 36.0 Å². The topological polar surface area (TPSA) is 87.2 Å². The van der Waals surface area contributed by atoms with Crippen molar-refractivity contribution in [1.29, 1.82) is 0 Å². The number of ether oxygens (including phenoxy) is 1. The molecule has 1 N–H and O–H groups in total. The molecular weight excluding hydrogens is 388 g/mol. The summed E-state index contributed by atoms with van der Waals surface area (Å²) in [5.74, 6) is -1.70. The molecule has 0 unspecified atom stereocenters. The summed E-state index contributed by atoms with van der Waals surface area (Å²) >= 11 is 6.73. The maximum Gasteiger partial charge on any atom is 0.335 e. The fourth-order valence-electron chi connectivity index (χ4n) is 3.24. The van der Waals surface area contributed by atoms with Crippen LogP contribution < -0.4 is 4.90 Å². The van der Waals surface area contributed by atoms with Crippen LogP contribution >= 0.6 is 24.0 Å². The summed E-state index contributed by atoms with van der Waals surface area (Å²) in [6, 6.07) is 5.69. The molecule has 0 bridgehead atoms. The maximum absolute atomic E-state index is 12.7. The molecule has 0 aromatic heterocycles. The number of imide groups is 1. The van der Waals surface area contributed by atoms with Crippen molar-refractivity contribution in [3.05, 3.63) is 29.8 Å². The minimum Gasteiger partial charge on any atom is -0.478 e. The number of carboxylic acids is 1. The van der Waals surface area contributed by atoms with E-state index in [1.807, 2.05) is 18.7 Å². The predicted octanol–water partition coefficient (Wildman–Crippen LogP) is 2.14. The average Bonchev–Trinajstić information content (AvgIpc) is 2.87. The first-order valence-electron chi connectivity index (χ1n) is 8.57. The third-order valence-corrected chi connectivity index (χ3v) is 6.06. The molecule has 2 fully saturated rings. The monoisotopic (exact) mass is 408 g/mol. The fourth-order valence-corrected chi connectivity index (χ4v) is 4.71. The van der Waals surface area contributed by atoms with E-state index < -0.39 is 11.2 Å². The van der Waals surface area contributed by atoms with Crippen LogP contribution in [0.2, 0.25) is 0 Å². The first kappa shape index (κ1) is 19.8. The first-order chi connectivity index (χ1) is 12.8. The molecule has 0 aliphatic carbocycles. The molecule has 1 aromatic rings. The molecule has 2 amide bonds. The molecule has 1 aromatic carbocycles. The number of carbonyl (C=O) groups excluding carboxylic acids is 2. The number of hydrogen-bond donors (Lipinski definition) is 1. The molecule has 144 valence electrons. The van der Waals surface area contributed by atoms with Gasteiger partial charge < -0.3 is 14.7 Å². The zero-order valence-electron chi connectivity index (χ0n) is 15.0. The number of benzene rings is 1. The Balaban J connectivity index is 1.68. The lowest BCUT2D eigenvalue weighted by atomic mass is 10.2. The average molecular weight is 409 g/mol. The predicted molar refractivity (Wildman–Crippen MR) is 106 cm³/mol. The van der Waals surface area contributed by atoms with Gasteiger partial charge in [-0.15, -0.1) is 0 Å². The van der Waals surface area contributed by atoms with E-state index >= 15 is 0 Å². The fraction of sp³-hybridized carbons (Fsp3) is 0.444. The number of morpholine rings is 1. The van der Waals surface area contributed by atoms with Gasteiger partial charge in [-0.1, -0.05) is 24.0 Å². The van der Waals surface area contributed by atoms with Crippen molar-refractivity contribution in [3.8, 4) is 0 Å². The van der Waals surface area contributed by atoms with Gasteiger partial charge in [0.15, 0.2) is 0 Å². The Hall–Kier alpha value is -1.97. The Morgan fingerprint density at radius 3 is 2.33 bits per heavy atom. The molecule has 0 spiro atoms. The van der Waals surface area contributed by atoms with Crippen LogP contribution in [0.25, 0.3) is 0 Å². The zero-order chi connectivity index (χ0) is 19.7. The number of thioether (sulfide) groups is 1. The number of anilines is 1. The third-order valence-electron chi connectivity index (χ3n) is 4.40. The van der Waals surface area contributed by atoms with Crippen LogP contribution in [0.5, 0.6) is 0 Å². The first-order valence-corrected chi connectivity index (χ1v) is 9.86. The smallest absolute Gasteiger partial charge is 0.335 e. The molecule has 0 radical (unpaired) electrons. The van der Waals surface area contributed by atoms with Gasteiger partial charge in [-0.25, -0.2) is 9.69 Å². The van der Waals surface area contributed by atoms with E-state index in [0.717, 1.165) is 4.90 Å². The highest BCUT2D eigenvalue weighted by Crippen LogP contribution is 2.32. The van der Waals surface area contributed by atoms with Crippen molar-refractivity contribution in [3.63, 3.8) is 0 Å². The molecule has 27 heavy (non-hydrogen) atoms. The van der Waals surface area contributed by atoms with Crippen molar-refractivity contribution >= 4 is 51.8 Å². The van der Waals surface area contributed by atoms with Gasteiger partial charge in [0.25, 0.3) is 0 Å². The van der Waals surface area contributed by atoms with Crippen LogP contribution in [0.3, 0.4) is 0 Å². The van der Waals surface area contributed by atoms with Crippen LogP contribution in [0.1, 0.15) is 30.6 Å². The molecule has 9 heteroatoms. The van der Waals surface area contributed by atoms with E-state index in [1.54, 1.807) is 0 Å². The normalized spacial score (nSPS) is 25.8. The zero-order valence-corrected chi connectivity index (χ0v) is 16.6. The number of carboxylic acid groups (broad SMARTS) is 1. The third kappa shape index (κ3) is 4.31. The molecule has 7 nitrogen and oxygen atoms in total. The van der Waals surface area contributed by atoms with Crippen molar-refractivity contribution in [2.75, 3.05) is 18.0 Å². The second-order valence-corrected chi connectivity index (χ2v) is 8.49. The summed E-state index contributed by atoms with van der Waals surface area (Å²) < 4.78 is 6.28. The summed E-state index contributed by atoms with van der Waals surface area (Å²) in [4.78, 5) is 39.2. The molecule has 0 saturated carbocycles. The van der Waals surface area contributed by atoms with Gasteiger partial charge in [0.1, 0.15) is 9.57 Å². The lowest BCUT2D eigenvalue weighted by molar-refractivity contribution is -0.121. The summed E-state index contributed by atoms with van der Waals surface area (Å²) in [5.41, 5.74) is 0.471. The second kappa shape index (κ2) is 7.95. The standard InChI is InChI=1S/C18H20N2O5S2/c1-10-8-19(9-11(2)25-10)18(26)27-14-7-15(21)20(16(14)22)13-5-3-12(4-6-13)17(23)24/h3-6,10-11,14H,7-9H2,1-2H3,(H,23,24)/t10-,11+,14-/m0/s1. The van der Waals surface area contributed by atoms with Crippen LogP contribution in [0, 0.1) is 0 Å². The largest absolute Gasteiger partial charge is 0.478 e. The van der Waals surface area contributed by atoms with Crippen molar-refractivity contribution < 1.29 is 24.2 Å². The van der Waals surface area contributed by atoms with Gasteiger partial charge in [0.05, 0.1) is 23.5 Å². The van der Waals surface area contributed by atoms with Gasteiger partial charge >= 0.3 is 5.97 Å². The van der Waals surface area contributed by atoms with E-state index in [4.69, 9.17) is 22.1 Å². The van der Waals surface area contributed by atoms with Gasteiger partial charge in [0.2, 0.25) is 11.8 Å². The van der Waals surface area contributed by atoms with Crippen molar-refractivity contribution in [2.24, 2.45) is 0 Å². The molecule has 3 rings (SSSR count).